The van der Waals surface area contributed by atoms with Crippen LogP contribution in [0.2, 0.25) is 0 Å². The maximum absolute atomic E-state index is 12.7. The summed E-state index contributed by atoms with van der Waals surface area (Å²) >= 11 is 0. The van der Waals surface area contributed by atoms with Crippen LogP contribution in [0.1, 0.15) is 45.1 Å². The third kappa shape index (κ3) is 6.45. The SMILES string of the molecule is CC(C)(C)OC(=O)N1CCC(c2ccc(N)c(Oc3ccccc3OC(F)(F)F)c2)CC1. The number of halogens is 3. The van der Waals surface area contributed by atoms with Gasteiger partial charge in [-0.1, -0.05) is 18.2 Å². The van der Waals surface area contributed by atoms with Crippen LogP contribution in [-0.2, 0) is 4.74 Å². The van der Waals surface area contributed by atoms with Crippen molar-refractivity contribution in [1.29, 1.82) is 0 Å². The lowest BCUT2D eigenvalue weighted by Gasteiger charge is -2.33. The first-order chi connectivity index (χ1) is 14.9. The maximum atomic E-state index is 12.7. The second-order valence-electron chi connectivity index (χ2n) is 8.64. The zero-order valence-electron chi connectivity index (χ0n) is 18.2. The fourth-order valence-electron chi connectivity index (χ4n) is 3.48. The van der Waals surface area contributed by atoms with E-state index in [1.54, 1.807) is 23.1 Å². The van der Waals surface area contributed by atoms with E-state index in [0.29, 0.717) is 18.8 Å². The minimum Gasteiger partial charge on any atom is -0.451 e. The molecular weight excluding hydrogens is 425 g/mol. The maximum Gasteiger partial charge on any atom is 0.573 e. The van der Waals surface area contributed by atoms with Gasteiger partial charge in [0.1, 0.15) is 5.60 Å². The Balaban J connectivity index is 1.71. The zero-order chi connectivity index (χ0) is 23.5. The molecule has 0 saturated carbocycles. The minimum atomic E-state index is -4.84. The van der Waals surface area contributed by atoms with Crippen molar-refractivity contribution in [2.45, 2.75) is 51.5 Å². The third-order valence-corrected chi connectivity index (χ3v) is 4.95. The van der Waals surface area contributed by atoms with Crippen LogP contribution in [0.5, 0.6) is 17.2 Å². The van der Waals surface area contributed by atoms with Gasteiger partial charge in [0.05, 0.1) is 5.69 Å². The fourth-order valence-corrected chi connectivity index (χ4v) is 3.48. The molecule has 2 aromatic carbocycles. The summed E-state index contributed by atoms with van der Waals surface area (Å²) in [5.74, 6) is -0.141. The molecule has 0 bridgehead atoms. The molecule has 1 aliphatic rings. The number of likely N-dealkylation sites (tertiary alicyclic amines) is 1. The average Bonchev–Trinajstić information content (AvgIpc) is 2.69. The Hall–Kier alpha value is -3.10. The Morgan fingerprint density at radius 2 is 1.62 bits per heavy atom. The van der Waals surface area contributed by atoms with Gasteiger partial charge in [-0.2, -0.15) is 0 Å². The molecule has 174 valence electrons. The molecule has 3 rings (SSSR count). The summed E-state index contributed by atoms with van der Waals surface area (Å²) in [6, 6.07) is 10.8. The van der Waals surface area contributed by atoms with Crippen LogP contribution in [0.25, 0.3) is 0 Å². The van der Waals surface area contributed by atoms with Crippen molar-refractivity contribution in [3.05, 3.63) is 48.0 Å². The molecule has 6 nitrogen and oxygen atoms in total. The highest BCUT2D eigenvalue weighted by molar-refractivity contribution is 5.68. The zero-order valence-corrected chi connectivity index (χ0v) is 18.2. The van der Waals surface area contributed by atoms with Crippen molar-refractivity contribution in [3.63, 3.8) is 0 Å². The predicted octanol–water partition coefficient (Wildman–Crippen LogP) is 6.07. The molecule has 32 heavy (non-hydrogen) atoms. The number of amides is 1. The summed E-state index contributed by atoms with van der Waals surface area (Å²) in [6.07, 6.45) is -3.74. The van der Waals surface area contributed by atoms with Crippen LogP contribution in [0.3, 0.4) is 0 Å². The molecule has 1 heterocycles. The van der Waals surface area contributed by atoms with Crippen molar-refractivity contribution in [2.24, 2.45) is 0 Å². The predicted molar refractivity (Wildman–Crippen MR) is 114 cm³/mol. The van der Waals surface area contributed by atoms with E-state index in [2.05, 4.69) is 4.74 Å². The third-order valence-electron chi connectivity index (χ3n) is 4.95. The van der Waals surface area contributed by atoms with Gasteiger partial charge >= 0.3 is 12.5 Å². The van der Waals surface area contributed by atoms with Crippen molar-refractivity contribution in [3.8, 4) is 17.2 Å². The molecule has 0 radical (unpaired) electrons. The lowest BCUT2D eigenvalue weighted by atomic mass is 9.89. The molecular formula is C23H27F3N2O4. The second-order valence-corrected chi connectivity index (χ2v) is 8.64. The van der Waals surface area contributed by atoms with Crippen LogP contribution < -0.4 is 15.2 Å². The number of alkyl halides is 3. The number of ether oxygens (including phenoxy) is 3. The van der Waals surface area contributed by atoms with Gasteiger partial charge in [0.25, 0.3) is 0 Å². The van der Waals surface area contributed by atoms with E-state index in [-0.39, 0.29) is 23.5 Å². The number of rotatable bonds is 4. The van der Waals surface area contributed by atoms with Gasteiger partial charge < -0.3 is 24.8 Å². The molecule has 0 aliphatic carbocycles. The Labute approximate surface area is 185 Å². The quantitative estimate of drug-likeness (QED) is 0.570. The van der Waals surface area contributed by atoms with Crippen molar-refractivity contribution >= 4 is 11.8 Å². The molecule has 9 heteroatoms. The highest BCUT2D eigenvalue weighted by Crippen LogP contribution is 2.39. The summed E-state index contributed by atoms with van der Waals surface area (Å²) < 4.78 is 53.2. The van der Waals surface area contributed by atoms with Gasteiger partial charge in [0, 0.05) is 13.1 Å². The van der Waals surface area contributed by atoms with E-state index >= 15 is 0 Å². The Kier molecular flexibility index (Phi) is 6.76. The van der Waals surface area contributed by atoms with E-state index in [1.165, 1.54) is 18.2 Å². The van der Waals surface area contributed by atoms with Gasteiger partial charge in [-0.3, -0.25) is 0 Å². The summed E-state index contributed by atoms with van der Waals surface area (Å²) in [4.78, 5) is 13.9. The van der Waals surface area contributed by atoms with Gasteiger partial charge in [-0.05, 0) is 69.4 Å². The van der Waals surface area contributed by atoms with Crippen molar-refractivity contribution in [1.82, 2.24) is 4.90 Å². The van der Waals surface area contributed by atoms with Gasteiger partial charge in [-0.25, -0.2) is 4.79 Å². The van der Waals surface area contributed by atoms with E-state index in [9.17, 15) is 18.0 Å². The highest BCUT2D eigenvalue weighted by Gasteiger charge is 2.33. The van der Waals surface area contributed by atoms with Crippen molar-refractivity contribution < 1.29 is 32.2 Å². The molecule has 1 fully saturated rings. The number of hydrogen-bond donors (Lipinski definition) is 1. The number of para-hydroxylation sites is 2. The van der Waals surface area contributed by atoms with E-state index in [4.69, 9.17) is 15.2 Å². The molecule has 0 aromatic heterocycles. The first-order valence-corrected chi connectivity index (χ1v) is 10.3. The number of piperidine rings is 1. The number of benzene rings is 2. The Morgan fingerprint density at radius 1 is 1.00 bits per heavy atom. The first kappa shape index (κ1) is 23.6. The van der Waals surface area contributed by atoms with Crippen LogP contribution in [0, 0.1) is 0 Å². The molecule has 2 aromatic rings. The lowest BCUT2D eigenvalue weighted by Crippen LogP contribution is -2.41. The molecule has 1 amide bonds. The second kappa shape index (κ2) is 9.18. The summed E-state index contributed by atoms with van der Waals surface area (Å²) in [6.45, 7) is 6.56. The van der Waals surface area contributed by atoms with E-state index in [0.717, 1.165) is 18.4 Å². The minimum absolute atomic E-state index is 0.0894. The first-order valence-electron chi connectivity index (χ1n) is 10.3. The molecule has 1 aliphatic heterocycles. The standard InChI is InChI=1S/C23H27F3N2O4/c1-22(2,3)32-21(29)28-12-10-15(11-13-28)16-8-9-17(27)20(14-16)30-18-6-4-5-7-19(18)31-23(24,25)26/h4-9,14-15H,10-13,27H2,1-3H3. The summed E-state index contributed by atoms with van der Waals surface area (Å²) in [5.41, 5.74) is 6.69. The van der Waals surface area contributed by atoms with E-state index < -0.39 is 17.7 Å². The normalized spacial score (nSPS) is 15.4. The molecule has 0 unspecified atom stereocenters. The number of carbonyl (C=O) groups excluding carboxylic acids is 1. The highest BCUT2D eigenvalue weighted by atomic mass is 19.4. The van der Waals surface area contributed by atoms with Crippen LogP contribution in [0.4, 0.5) is 23.7 Å². The molecule has 2 N–H and O–H groups in total. The molecule has 0 atom stereocenters. The number of carbonyl (C=O) groups is 1. The molecule has 0 spiro atoms. The smallest absolute Gasteiger partial charge is 0.451 e. The Bertz CT molecular complexity index is 949. The van der Waals surface area contributed by atoms with Gasteiger partial charge in [0.15, 0.2) is 17.2 Å². The van der Waals surface area contributed by atoms with Crippen LogP contribution >= 0.6 is 0 Å². The number of anilines is 1. The summed E-state index contributed by atoms with van der Waals surface area (Å²) in [7, 11) is 0. The number of nitrogens with zero attached hydrogens (tertiary/aromatic N) is 1. The van der Waals surface area contributed by atoms with Gasteiger partial charge in [0.2, 0.25) is 0 Å². The largest absolute Gasteiger partial charge is 0.573 e. The Morgan fingerprint density at radius 3 is 2.22 bits per heavy atom. The van der Waals surface area contributed by atoms with Crippen LogP contribution in [0.15, 0.2) is 42.5 Å². The lowest BCUT2D eigenvalue weighted by molar-refractivity contribution is -0.275. The number of nitrogen functional groups attached to an aromatic ring is 1. The number of nitrogens with two attached hydrogens (primary N) is 1. The molecule has 1 saturated heterocycles. The van der Waals surface area contributed by atoms with Gasteiger partial charge in [-0.15, -0.1) is 13.2 Å². The monoisotopic (exact) mass is 452 g/mol. The van der Waals surface area contributed by atoms with Crippen molar-refractivity contribution in [2.75, 3.05) is 18.8 Å². The topological polar surface area (TPSA) is 74.0 Å². The number of hydrogen-bond acceptors (Lipinski definition) is 5. The average molecular weight is 452 g/mol. The fraction of sp³-hybridized carbons (Fsp3) is 0.435. The summed E-state index contributed by atoms with van der Waals surface area (Å²) in [5, 5.41) is 0. The van der Waals surface area contributed by atoms with E-state index in [1.807, 2.05) is 26.8 Å². The van der Waals surface area contributed by atoms with Crippen LogP contribution in [-0.4, -0.2) is 36.0 Å².